The average molecular weight is 340 g/mol. The van der Waals surface area contributed by atoms with E-state index in [-0.39, 0.29) is 17.7 Å². The number of aromatic amines is 1. The van der Waals surface area contributed by atoms with Crippen LogP contribution in [0.25, 0.3) is 0 Å². The van der Waals surface area contributed by atoms with E-state index in [2.05, 4.69) is 22.4 Å². The quantitative estimate of drug-likeness (QED) is 0.874. The molecule has 0 saturated heterocycles. The number of amides is 1. The fraction of sp³-hybridized carbons (Fsp3) is 0.368. The molecule has 2 aromatic rings. The highest BCUT2D eigenvalue weighted by Gasteiger charge is 2.28. The maximum atomic E-state index is 12.8. The molecule has 24 heavy (non-hydrogen) atoms. The number of carbonyl (C=O) groups is 2. The monoisotopic (exact) mass is 340 g/mol. The van der Waals surface area contributed by atoms with Gasteiger partial charge in [0.1, 0.15) is 5.69 Å². The Labute approximate surface area is 145 Å². The van der Waals surface area contributed by atoms with Gasteiger partial charge in [0.25, 0.3) is 5.91 Å². The van der Waals surface area contributed by atoms with Crippen LogP contribution in [0.2, 0.25) is 0 Å². The second-order valence-corrected chi connectivity index (χ2v) is 7.59. The van der Waals surface area contributed by atoms with Gasteiger partial charge in [-0.15, -0.1) is 11.8 Å². The highest BCUT2D eigenvalue weighted by atomic mass is 32.2. The molecule has 0 saturated carbocycles. The fourth-order valence-electron chi connectivity index (χ4n) is 3.72. The topological polar surface area (TPSA) is 62.0 Å². The summed E-state index contributed by atoms with van der Waals surface area (Å²) < 4.78 is 0. The van der Waals surface area contributed by atoms with Crippen molar-refractivity contribution in [3.05, 3.63) is 52.3 Å². The molecular formula is C19H20N2O2S. The van der Waals surface area contributed by atoms with Crippen LogP contribution >= 0.6 is 11.8 Å². The van der Waals surface area contributed by atoms with E-state index < -0.39 is 0 Å². The zero-order valence-electron chi connectivity index (χ0n) is 13.6. The van der Waals surface area contributed by atoms with Crippen LogP contribution in [0.3, 0.4) is 0 Å². The minimum Gasteiger partial charge on any atom is -0.354 e. The molecule has 0 bridgehead atoms. The fourth-order valence-corrected chi connectivity index (χ4v) is 4.85. The van der Waals surface area contributed by atoms with Crippen LogP contribution in [0.1, 0.15) is 63.0 Å². The molecule has 2 aliphatic rings. The third-order valence-corrected chi connectivity index (χ3v) is 6.05. The van der Waals surface area contributed by atoms with Crippen LogP contribution < -0.4 is 5.32 Å². The highest BCUT2D eigenvalue weighted by Crippen LogP contribution is 2.36. The van der Waals surface area contributed by atoms with Gasteiger partial charge in [-0.1, -0.05) is 18.2 Å². The lowest BCUT2D eigenvalue weighted by Gasteiger charge is -2.25. The summed E-state index contributed by atoms with van der Waals surface area (Å²) in [6.07, 6.45) is 3.21. The Morgan fingerprint density at radius 2 is 2.12 bits per heavy atom. The zero-order valence-corrected chi connectivity index (χ0v) is 14.5. The molecule has 0 radical (unpaired) electrons. The predicted octanol–water partition coefficient (Wildman–Crippen LogP) is 3.81. The van der Waals surface area contributed by atoms with Gasteiger partial charge in [-0.05, 0) is 43.4 Å². The van der Waals surface area contributed by atoms with Gasteiger partial charge in [0, 0.05) is 28.3 Å². The number of fused-ring (bicyclic) bond motifs is 2. The van der Waals surface area contributed by atoms with Gasteiger partial charge in [-0.3, -0.25) is 9.59 Å². The number of Topliss-reactive ketones (excluding diaryl/α,β-unsaturated/α-hetero) is 1. The third-order valence-electron chi connectivity index (χ3n) is 4.93. The number of ketones is 1. The summed E-state index contributed by atoms with van der Waals surface area (Å²) in [4.78, 5) is 29.4. The summed E-state index contributed by atoms with van der Waals surface area (Å²) >= 11 is 1.84. The minimum atomic E-state index is -0.110. The van der Waals surface area contributed by atoms with Crippen molar-refractivity contribution in [2.75, 3.05) is 5.75 Å². The summed E-state index contributed by atoms with van der Waals surface area (Å²) in [6, 6.07) is 8.27. The second kappa shape index (κ2) is 6.13. The van der Waals surface area contributed by atoms with E-state index in [0.717, 1.165) is 41.8 Å². The van der Waals surface area contributed by atoms with Gasteiger partial charge in [0.15, 0.2) is 5.78 Å². The van der Waals surface area contributed by atoms with Gasteiger partial charge < -0.3 is 10.3 Å². The van der Waals surface area contributed by atoms with Gasteiger partial charge in [-0.25, -0.2) is 0 Å². The molecule has 0 unspecified atom stereocenters. The molecule has 2 heterocycles. The maximum absolute atomic E-state index is 12.8. The molecule has 1 aromatic heterocycles. The van der Waals surface area contributed by atoms with Crippen molar-refractivity contribution in [2.24, 2.45) is 0 Å². The summed E-state index contributed by atoms with van der Waals surface area (Å²) in [5, 5.41) is 3.16. The average Bonchev–Trinajstić information content (AvgIpc) is 2.93. The normalized spacial score (nSPS) is 19.5. The van der Waals surface area contributed by atoms with Gasteiger partial charge in [0.2, 0.25) is 0 Å². The number of hydrogen-bond donors (Lipinski definition) is 2. The Bertz CT molecular complexity index is 825. The number of aryl methyl sites for hydroxylation is 1. The highest BCUT2D eigenvalue weighted by molar-refractivity contribution is 7.99. The van der Waals surface area contributed by atoms with Crippen molar-refractivity contribution in [2.45, 2.75) is 43.5 Å². The first-order valence-electron chi connectivity index (χ1n) is 8.42. The maximum Gasteiger partial charge on any atom is 0.268 e. The molecule has 0 spiro atoms. The number of aromatic nitrogens is 1. The summed E-state index contributed by atoms with van der Waals surface area (Å²) in [5.74, 6) is 1.05. The number of H-pyrrole nitrogens is 1. The number of rotatable bonds is 2. The SMILES string of the molecule is Cc1c(C(=O)N[C@H]2CCSc3ccccc32)[nH]c2c1C(=O)CCC2. The molecule has 2 N–H and O–H groups in total. The summed E-state index contributed by atoms with van der Waals surface area (Å²) in [5.41, 5.74) is 4.20. The minimum absolute atomic E-state index is 0.0328. The Hall–Kier alpha value is -2.01. The lowest BCUT2D eigenvalue weighted by molar-refractivity contribution is 0.0929. The van der Waals surface area contributed by atoms with E-state index in [4.69, 9.17) is 0 Å². The third kappa shape index (κ3) is 2.57. The lowest BCUT2D eigenvalue weighted by Crippen LogP contribution is -2.31. The zero-order chi connectivity index (χ0) is 16.7. The van der Waals surface area contributed by atoms with Crippen LogP contribution in [-0.4, -0.2) is 22.4 Å². The molecule has 5 heteroatoms. The second-order valence-electron chi connectivity index (χ2n) is 6.46. The first-order chi connectivity index (χ1) is 11.6. The van der Waals surface area contributed by atoms with Crippen LogP contribution in [0.15, 0.2) is 29.2 Å². The Balaban J connectivity index is 1.61. The standard InChI is InChI=1S/C19H20N2O2S/c1-11-17-14(6-4-7-15(17)22)20-18(11)19(23)21-13-9-10-24-16-8-3-2-5-12(13)16/h2-3,5,8,13,20H,4,6-7,9-10H2,1H3,(H,21,23)/t13-/m0/s1. The van der Waals surface area contributed by atoms with Gasteiger partial charge >= 0.3 is 0 Å². The van der Waals surface area contributed by atoms with Crippen molar-refractivity contribution in [1.29, 1.82) is 0 Å². The molecule has 1 aliphatic carbocycles. The lowest BCUT2D eigenvalue weighted by atomic mass is 9.93. The van der Waals surface area contributed by atoms with Gasteiger partial charge in [-0.2, -0.15) is 0 Å². The van der Waals surface area contributed by atoms with Crippen molar-refractivity contribution in [3.63, 3.8) is 0 Å². The largest absolute Gasteiger partial charge is 0.354 e. The number of thioether (sulfide) groups is 1. The van der Waals surface area contributed by atoms with E-state index in [0.29, 0.717) is 12.1 Å². The molecule has 124 valence electrons. The van der Waals surface area contributed by atoms with Crippen LogP contribution in [-0.2, 0) is 6.42 Å². The van der Waals surface area contributed by atoms with E-state index in [9.17, 15) is 9.59 Å². The number of nitrogens with one attached hydrogen (secondary N) is 2. The van der Waals surface area contributed by atoms with Crippen molar-refractivity contribution in [3.8, 4) is 0 Å². The number of benzene rings is 1. The molecular weight excluding hydrogens is 320 g/mol. The van der Waals surface area contributed by atoms with Crippen molar-refractivity contribution >= 4 is 23.5 Å². The van der Waals surface area contributed by atoms with E-state index >= 15 is 0 Å². The summed E-state index contributed by atoms with van der Waals surface area (Å²) in [7, 11) is 0. The molecule has 0 fully saturated rings. The molecule has 1 amide bonds. The van der Waals surface area contributed by atoms with E-state index in [1.165, 1.54) is 10.5 Å². The molecule has 1 aromatic carbocycles. The van der Waals surface area contributed by atoms with E-state index in [1.54, 1.807) is 0 Å². The Kier molecular flexibility index (Phi) is 3.96. The summed E-state index contributed by atoms with van der Waals surface area (Å²) in [6.45, 7) is 1.87. The van der Waals surface area contributed by atoms with Gasteiger partial charge in [0.05, 0.1) is 6.04 Å². The molecule has 1 aliphatic heterocycles. The first kappa shape index (κ1) is 15.5. The van der Waals surface area contributed by atoms with Crippen LogP contribution in [0.5, 0.6) is 0 Å². The first-order valence-corrected chi connectivity index (χ1v) is 9.41. The Morgan fingerprint density at radius 3 is 2.96 bits per heavy atom. The number of carbonyl (C=O) groups excluding carboxylic acids is 2. The van der Waals surface area contributed by atoms with Crippen molar-refractivity contribution in [1.82, 2.24) is 10.3 Å². The molecule has 1 atom stereocenters. The Morgan fingerprint density at radius 1 is 1.29 bits per heavy atom. The van der Waals surface area contributed by atoms with E-state index in [1.807, 2.05) is 30.8 Å². The molecule has 4 rings (SSSR count). The van der Waals surface area contributed by atoms with Crippen molar-refractivity contribution < 1.29 is 9.59 Å². The number of hydrogen-bond acceptors (Lipinski definition) is 3. The predicted molar refractivity (Wildman–Crippen MR) is 94.8 cm³/mol. The molecule has 4 nitrogen and oxygen atoms in total. The van der Waals surface area contributed by atoms with Crippen LogP contribution in [0, 0.1) is 6.92 Å². The smallest absolute Gasteiger partial charge is 0.268 e. The van der Waals surface area contributed by atoms with Crippen LogP contribution in [0.4, 0.5) is 0 Å².